The summed E-state index contributed by atoms with van der Waals surface area (Å²) in [5.74, 6) is -0.168. The van der Waals surface area contributed by atoms with E-state index in [0.29, 0.717) is 22.3 Å². The van der Waals surface area contributed by atoms with E-state index in [1.165, 1.54) is 30.2 Å². The van der Waals surface area contributed by atoms with Crippen molar-refractivity contribution in [3.8, 4) is 10.4 Å². The van der Waals surface area contributed by atoms with E-state index >= 15 is 0 Å². The number of benzene rings is 2. The molecule has 1 aliphatic rings. The first-order valence-corrected chi connectivity index (χ1v) is 10.5. The summed E-state index contributed by atoms with van der Waals surface area (Å²) in [5, 5.41) is 3.93. The van der Waals surface area contributed by atoms with Crippen LogP contribution in [0.5, 0.6) is 0 Å². The first-order chi connectivity index (χ1) is 13.4. The second-order valence-electron chi connectivity index (χ2n) is 6.35. The molecule has 0 saturated carbocycles. The Kier molecular flexibility index (Phi) is 5.14. The van der Waals surface area contributed by atoms with Gasteiger partial charge in [-0.05, 0) is 54.3 Å². The van der Waals surface area contributed by atoms with Crippen molar-refractivity contribution in [2.45, 2.75) is 25.3 Å². The van der Waals surface area contributed by atoms with Crippen molar-refractivity contribution in [2.24, 2.45) is 0 Å². The average molecular weight is 430 g/mol. The normalized spacial score (nSPS) is 13.0. The smallest absolute Gasteiger partial charge is 0.264 e. The Hall–Kier alpha value is -2.35. The van der Waals surface area contributed by atoms with Crippen molar-refractivity contribution in [3.63, 3.8) is 0 Å². The molecule has 28 heavy (non-hydrogen) atoms. The van der Waals surface area contributed by atoms with Crippen molar-refractivity contribution in [3.05, 3.63) is 64.3 Å². The highest BCUT2D eigenvalue weighted by atomic mass is 35.5. The van der Waals surface area contributed by atoms with E-state index in [9.17, 15) is 9.59 Å². The maximum absolute atomic E-state index is 12.8. The molecule has 0 radical (unpaired) electrons. The molecule has 0 saturated heterocycles. The van der Waals surface area contributed by atoms with Gasteiger partial charge in [-0.1, -0.05) is 41.1 Å². The molecule has 1 aliphatic heterocycles. The number of carbonyl (C=O) groups excluding carboxylic acids is 2. The molecule has 8 heteroatoms. The number of fused-ring (bicyclic) bond motifs is 1. The molecule has 0 bridgehead atoms. The van der Waals surface area contributed by atoms with Gasteiger partial charge in [-0.15, -0.1) is 0 Å². The summed E-state index contributed by atoms with van der Waals surface area (Å²) in [5.41, 5.74) is 3.51. The van der Waals surface area contributed by atoms with Gasteiger partial charge in [0.05, 0.1) is 22.1 Å². The van der Waals surface area contributed by atoms with Gasteiger partial charge in [0.15, 0.2) is 5.13 Å². The van der Waals surface area contributed by atoms with Crippen LogP contribution in [-0.2, 0) is 11.3 Å². The summed E-state index contributed by atoms with van der Waals surface area (Å²) in [4.78, 5) is 30.3. The zero-order valence-corrected chi connectivity index (χ0v) is 17.5. The van der Waals surface area contributed by atoms with Gasteiger partial charge < -0.3 is 5.32 Å². The number of nitrogens with zero attached hydrogens (tertiary/aromatic N) is 2. The minimum Gasteiger partial charge on any atom is -0.302 e. The van der Waals surface area contributed by atoms with Crippen LogP contribution in [0.1, 0.15) is 28.5 Å². The number of hydrogen-bond donors (Lipinski definition) is 1. The van der Waals surface area contributed by atoms with Gasteiger partial charge in [0.25, 0.3) is 5.91 Å². The van der Waals surface area contributed by atoms with Crippen LogP contribution in [0.4, 0.5) is 5.13 Å². The third-order valence-electron chi connectivity index (χ3n) is 4.26. The lowest BCUT2D eigenvalue weighted by atomic mass is 10.0. The maximum Gasteiger partial charge on any atom is 0.264 e. The Morgan fingerprint density at radius 1 is 1.29 bits per heavy atom. The van der Waals surface area contributed by atoms with Gasteiger partial charge in [-0.2, -0.15) is 0 Å². The quantitative estimate of drug-likeness (QED) is 0.564. The highest BCUT2D eigenvalue weighted by molar-refractivity contribution is 7.97. The van der Waals surface area contributed by atoms with Crippen molar-refractivity contribution in [1.29, 1.82) is 0 Å². The Morgan fingerprint density at radius 2 is 2.07 bits per heavy atom. The topological polar surface area (TPSA) is 62.3 Å². The number of carbonyl (C=O) groups is 2. The minimum atomic E-state index is -0.146. The van der Waals surface area contributed by atoms with Crippen LogP contribution in [-0.4, -0.2) is 21.1 Å². The molecule has 0 spiro atoms. The first kappa shape index (κ1) is 19.0. The summed E-state index contributed by atoms with van der Waals surface area (Å²) in [6.45, 7) is 3.88. The van der Waals surface area contributed by atoms with E-state index in [4.69, 9.17) is 11.6 Å². The zero-order valence-electron chi connectivity index (χ0n) is 15.2. The third-order valence-corrected chi connectivity index (χ3v) is 6.89. The van der Waals surface area contributed by atoms with Crippen LogP contribution >= 0.6 is 34.9 Å². The Bertz CT molecular complexity index is 1100. The van der Waals surface area contributed by atoms with Gasteiger partial charge >= 0.3 is 0 Å². The van der Waals surface area contributed by atoms with E-state index in [1.54, 1.807) is 4.31 Å². The molecule has 2 aromatic carbocycles. The molecular weight excluding hydrogens is 414 g/mol. The van der Waals surface area contributed by atoms with Crippen molar-refractivity contribution in [1.82, 2.24) is 9.29 Å². The highest BCUT2D eigenvalue weighted by Crippen LogP contribution is 2.39. The molecule has 1 N–H and O–H groups in total. The predicted octanol–water partition coefficient (Wildman–Crippen LogP) is 5.39. The summed E-state index contributed by atoms with van der Waals surface area (Å²) in [6, 6.07) is 13.3. The van der Waals surface area contributed by atoms with E-state index < -0.39 is 0 Å². The largest absolute Gasteiger partial charge is 0.302 e. The van der Waals surface area contributed by atoms with E-state index in [2.05, 4.69) is 10.3 Å². The van der Waals surface area contributed by atoms with Crippen LogP contribution in [0.3, 0.4) is 0 Å². The standard InChI is InChI=1S/C20H16ClN3O2S2/c1-11-18(27-20(22-11)23-12(2)25)13-7-8-15-14(9-13)10-24(19(15)26)28-17-6-4-3-5-16(17)21/h3-9H,10H2,1-2H3,(H,22,23,25). The predicted molar refractivity (Wildman–Crippen MR) is 114 cm³/mol. The van der Waals surface area contributed by atoms with E-state index in [-0.39, 0.29) is 11.8 Å². The fourth-order valence-corrected chi connectivity index (χ4v) is 5.18. The van der Waals surface area contributed by atoms with Gasteiger partial charge in [-0.3, -0.25) is 13.9 Å². The van der Waals surface area contributed by atoms with Crippen LogP contribution in [0.25, 0.3) is 10.4 Å². The molecule has 0 aliphatic carbocycles. The molecule has 0 fully saturated rings. The number of anilines is 1. The zero-order chi connectivity index (χ0) is 19.8. The Labute approximate surface area is 175 Å². The lowest BCUT2D eigenvalue weighted by Crippen LogP contribution is -2.15. The Morgan fingerprint density at radius 3 is 2.82 bits per heavy atom. The molecule has 1 aromatic heterocycles. The molecule has 2 heterocycles. The average Bonchev–Trinajstić information content (AvgIpc) is 3.16. The van der Waals surface area contributed by atoms with Crippen LogP contribution in [0, 0.1) is 6.92 Å². The minimum absolute atomic E-state index is 0.0218. The molecule has 0 atom stereocenters. The third kappa shape index (κ3) is 3.65. The number of nitrogens with one attached hydrogen (secondary N) is 1. The van der Waals surface area contributed by atoms with Crippen molar-refractivity contribution < 1.29 is 9.59 Å². The van der Waals surface area contributed by atoms with Crippen LogP contribution in [0.2, 0.25) is 5.02 Å². The van der Waals surface area contributed by atoms with E-state index in [1.807, 2.05) is 49.4 Å². The van der Waals surface area contributed by atoms with Gasteiger partial charge in [-0.25, -0.2) is 4.98 Å². The Balaban J connectivity index is 1.60. The van der Waals surface area contributed by atoms with E-state index in [0.717, 1.165) is 26.6 Å². The second kappa shape index (κ2) is 7.58. The summed E-state index contributed by atoms with van der Waals surface area (Å²) < 4.78 is 1.72. The molecular formula is C20H16ClN3O2S2. The summed E-state index contributed by atoms with van der Waals surface area (Å²) in [7, 11) is 0. The molecule has 3 aromatic rings. The number of halogens is 1. The molecule has 2 amide bonds. The summed E-state index contributed by atoms with van der Waals surface area (Å²) >= 11 is 9.01. The van der Waals surface area contributed by atoms with Gasteiger partial charge in [0, 0.05) is 17.4 Å². The van der Waals surface area contributed by atoms with Crippen molar-refractivity contribution in [2.75, 3.05) is 5.32 Å². The SMILES string of the molecule is CC(=O)Nc1nc(C)c(-c2ccc3c(c2)CN(Sc2ccccc2Cl)C3=O)s1. The van der Waals surface area contributed by atoms with Gasteiger partial charge in [0.2, 0.25) is 5.91 Å². The van der Waals surface area contributed by atoms with Crippen LogP contribution < -0.4 is 5.32 Å². The molecule has 4 rings (SSSR count). The monoisotopic (exact) mass is 429 g/mol. The second-order valence-corrected chi connectivity index (χ2v) is 8.82. The van der Waals surface area contributed by atoms with Gasteiger partial charge in [0.1, 0.15) is 0 Å². The lowest BCUT2D eigenvalue weighted by molar-refractivity contribution is -0.114. The van der Waals surface area contributed by atoms with Crippen LogP contribution in [0.15, 0.2) is 47.4 Å². The molecule has 5 nitrogen and oxygen atoms in total. The number of aryl methyl sites for hydroxylation is 1. The van der Waals surface area contributed by atoms with Crippen molar-refractivity contribution >= 4 is 51.8 Å². The molecule has 142 valence electrons. The number of hydrogen-bond acceptors (Lipinski definition) is 5. The fraction of sp³-hybridized carbons (Fsp3) is 0.150. The maximum atomic E-state index is 12.8. The fourth-order valence-electron chi connectivity index (χ4n) is 3.01. The number of aromatic nitrogens is 1. The lowest BCUT2D eigenvalue weighted by Gasteiger charge is -2.14. The first-order valence-electron chi connectivity index (χ1n) is 8.55. The molecule has 0 unspecified atom stereocenters. The number of rotatable bonds is 4. The number of thiazole rings is 1. The number of amides is 2. The summed E-state index contributed by atoms with van der Waals surface area (Å²) in [6.07, 6.45) is 0. The highest BCUT2D eigenvalue weighted by Gasteiger charge is 2.29.